The van der Waals surface area contributed by atoms with Gasteiger partial charge in [0.2, 0.25) is 5.91 Å². The minimum atomic E-state index is 0.0158. The van der Waals surface area contributed by atoms with Gasteiger partial charge in [-0.15, -0.1) is 0 Å². The average Bonchev–Trinajstić information content (AvgIpc) is 2.69. The summed E-state index contributed by atoms with van der Waals surface area (Å²) in [5.41, 5.74) is 4.29. The van der Waals surface area contributed by atoms with Crippen LogP contribution in [0.2, 0.25) is 0 Å². The Labute approximate surface area is 161 Å². The molecule has 2 N–H and O–H groups in total. The Hall–Kier alpha value is -2.53. The van der Waals surface area contributed by atoms with E-state index in [0.29, 0.717) is 18.9 Å². The number of rotatable bonds is 7. The van der Waals surface area contributed by atoms with Crippen molar-refractivity contribution in [1.82, 2.24) is 0 Å². The normalized spacial score (nSPS) is 14.3. The number of carbonyl (C=O) groups excluding carboxylic acids is 1. The zero-order valence-electron chi connectivity index (χ0n) is 16.2. The number of nitrogens with zero attached hydrogens (tertiary/aromatic N) is 1. The second-order valence-electron chi connectivity index (χ2n) is 7.12. The molecule has 5 heteroatoms. The van der Waals surface area contributed by atoms with E-state index in [4.69, 9.17) is 4.74 Å². The van der Waals surface area contributed by atoms with Crippen molar-refractivity contribution in [3.8, 4) is 0 Å². The molecule has 27 heavy (non-hydrogen) atoms. The monoisotopic (exact) mass is 367 g/mol. The van der Waals surface area contributed by atoms with Crippen LogP contribution in [0.15, 0.2) is 48.5 Å². The van der Waals surface area contributed by atoms with Crippen LogP contribution in [0.1, 0.15) is 31.7 Å². The summed E-state index contributed by atoms with van der Waals surface area (Å²) in [6, 6.07) is 16.4. The second kappa shape index (κ2) is 9.42. The number of ether oxygens (including phenoxy) is 1. The number of nitrogens with one attached hydrogen (secondary N) is 2. The number of morpholine rings is 1. The molecule has 2 aromatic carbocycles. The van der Waals surface area contributed by atoms with Gasteiger partial charge in [0, 0.05) is 31.7 Å². The van der Waals surface area contributed by atoms with Gasteiger partial charge in [-0.25, -0.2) is 0 Å². The molecule has 5 nitrogen and oxygen atoms in total. The maximum Gasteiger partial charge on any atom is 0.226 e. The molecule has 144 valence electrons. The van der Waals surface area contributed by atoms with E-state index in [-0.39, 0.29) is 5.91 Å². The third-order valence-electron chi connectivity index (χ3n) is 4.79. The van der Waals surface area contributed by atoms with Crippen LogP contribution in [0.3, 0.4) is 0 Å². The highest BCUT2D eigenvalue weighted by atomic mass is 16.5. The molecule has 0 atom stereocenters. The first kappa shape index (κ1) is 19.2. The fourth-order valence-corrected chi connectivity index (χ4v) is 3.18. The average molecular weight is 367 g/mol. The van der Waals surface area contributed by atoms with Crippen LogP contribution in [0.25, 0.3) is 0 Å². The summed E-state index contributed by atoms with van der Waals surface area (Å²) in [5.74, 6) is 0.540. The Balaban J connectivity index is 1.51. The van der Waals surface area contributed by atoms with Gasteiger partial charge in [0.15, 0.2) is 0 Å². The Bertz CT molecular complexity index is 737. The number of benzene rings is 2. The molecule has 0 radical (unpaired) electrons. The molecule has 0 spiro atoms. The highest BCUT2D eigenvalue weighted by molar-refractivity contribution is 5.94. The number of amides is 1. The Morgan fingerprint density at radius 2 is 1.78 bits per heavy atom. The zero-order chi connectivity index (χ0) is 19.1. The van der Waals surface area contributed by atoms with Gasteiger partial charge in [0.1, 0.15) is 0 Å². The third kappa shape index (κ3) is 5.47. The first-order valence-corrected chi connectivity index (χ1v) is 9.69. The third-order valence-corrected chi connectivity index (χ3v) is 4.79. The quantitative estimate of drug-likeness (QED) is 0.774. The fraction of sp³-hybridized carbons (Fsp3) is 0.409. The summed E-state index contributed by atoms with van der Waals surface area (Å²) in [6.45, 7) is 8.11. The van der Waals surface area contributed by atoms with Crippen molar-refractivity contribution in [3.63, 3.8) is 0 Å². The highest BCUT2D eigenvalue weighted by Crippen LogP contribution is 2.26. The molecule has 1 amide bonds. The summed E-state index contributed by atoms with van der Waals surface area (Å²) in [7, 11) is 0. The predicted molar refractivity (Wildman–Crippen MR) is 112 cm³/mol. The maximum atomic E-state index is 12.4. The fourth-order valence-electron chi connectivity index (χ4n) is 3.18. The largest absolute Gasteiger partial charge is 0.385 e. The molecule has 3 rings (SSSR count). The maximum absolute atomic E-state index is 12.4. The number of para-hydroxylation sites is 2. The van der Waals surface area contributed by atoms with Crippen molar-refractivity contribution in [2.45, 2.75) is 26.2 Å². The predicted octanol–water partition coefficient (Wildman–Crippen LogP) is 4.09. The van der Waals surface area contributed by atoms with Crippen LogP contribution >= 0.6 is 0 Å². The molecule has 0 aliphatic carbocycles. The molecule has 1 heterocycles. The summed E-state index contributed by atoms with van der Waals surface area (Å²) in [5, 5.41) is 6.37. The number of carbonyl (C=O) groups is 1. The van der Waals surface area contributed by atoms with Crippen molar-refractivity contribution in [3.05, 3.63) is 54.1 Å². The van der Waals surface area contributed by atoms with Crippen LogP contribution < -0.4 is 15.5 Å². The minimum absolute atomic E-state index is 0.0158. The van der Waals surface area contributed by atoms with Gasteiger partial charge in [-0.2, -0.15) is 0 Å². The minimum Gasteiger partial charge on any atom is -0.385 e. The van der Waals surface area contributed by atoms with Crippen molar-refractivity contribution in [2.24, 2.45) is 0 Å². The Kier molecular flexibility index (Phi) is 6.71. The van der Waals surface area contributed by atoms with Gasteiger partial charge in [-0.05, 0) is 35.7 Å². The van der Waals surface area contributed by atoms with Gasteiger partial charge in [-0.1, -0.05) is 38.1 Å². The first-order valence-electron chi connectivity index (χ1n) is 9.69. The van der Waals surface area contributed by atoms with E-state index in [9.17, 15) is 4.79 Å². The highest BCUT2D eigenvalue weighted by Gasteiger charge is 2.15. The summed E-state index contributed by atoms with van der Waals surface area (Å²) < 4.78 is 5.42. The zero-order valence-corrected chi connectivity index (χ0v) is 16.2. The van der Waals surface area contributed by atoms with Crippen molar-refractivity contribution in [1.29, 1.82) is 0 Å². The SMILES string of the molecule is CC(C)c1ccc(NCCC(=O)Nc2ccccc2N2CCOCC2)cc1. The molecular formula is C22H29N3O2. The molecular weight excluding hydrogens is 338 g/mol. The van der Waals surface area contributed by atoms with Crippen molar-refractivity contribution >= 4 is 23.0 Å². The lowest BCUT2D eigenvalue weighted by Crippen LogP contribution is -2.36. The molecule has 2 aromatic rings. The van der Waals surface area contributed by atoms with E-state index in [1.807, 2.05) is 18.2 Å². The number of hydrogen-bond acceptors (Lipinski definition) is 4. The molecule has 0 bridgehead atoms. The molecule has 1 saturated heterocycles. The van der Waals surface area contributed by atoms with Crippen LogP contribution in [-0.2, 0) is 9.53 Å². The van der Waals surface area contributed by atoms with E-state index < -0.39 is 0 Å². The lowest BCUT2D eigenvalue weighted by molar-refractivity contribution is -0.115. The van der Waals surface area contributed by atoms with Crippen LogP contribution in [0, 0.1) is 0 Å². The molecule has 1 aliphatic heterocycles. The smallest absolute Gasteiger partial charge is 0.226 e. The van der Waals surface area contributed by atoms with Crippen LogP contribution in [0.4, 0.5) is 17.1 Å². The first-order chi connectivity index (χ1) is 13.1. The lowest BCUT2D eigenvalue weighted by atomic mass is 10.0. The van der Waals surface area contributed by atoms with Gasteiger partial charge in [0.25, 0.3) is 0 Å². The summed E-state index contributed by atoms with van der Waals surface area (Å²) in [6.07, 6.45) is 0.420. The lowest BCUT2D eigenvalue weighted by Gasteiger charge is -2.30. The van der Waals surface area contributed by atoms with E-state index in [2.05, 4.69) is 59.7 Å². The van der Waals surface area contributed by atoms with E-state index in [1.54, 1.807) is 0 Å². The molecule has 0 aromatic heterocycles. The van der Waals surface area contributed by atoms with Crippen molar-refractivity contribution in [2.75, 3.05) is 48.4 Å². The van der Waals surface area contributed by atoms with E-state index >= 15 is 0 Å². The van der Waals surface area contributed by atoms with Crippen LogP contribution in [0.5, 0.6) is 0 Å². The van der Waals surface area contributed by atoms with Gasteiger partial charge in [0.05, 0.1) is 24.6 Å². The van der Waals surface area contributed by atoms with Crippen molar-refractivity contribution < 1.29 is 9.53 Å². The van der Waals surface area contributed by atoms with Gasteiger partial charge >= 0.3 is 0 Å². The Morgan fingerprint density at radius 3 is 2.48 bits per heavy atom. The number of anilines is 3. The standard InChI is InChI=1S/C22H29N3O2/c1-17(2)18-7-9-19(10-8-18)23-12-11-22(26)24-20-5-3-4-6-21(20)25-13-15-27-16-14-25/h3-10,17,23H,11-16H2,1-2H3,(H,24,26). The summed E-state index contributed by atoms with van der Waals surface area (Å²) >= 11 is 0. The molecule has 0 unspecified atom stereocenters. The topological polar surface area (TPSA) is 53.6 Å². The second-order valence-corrected chi connectivity index (χ2v) is 7.12. The van der Waals surface area contributed by atoms with Gasteiger partial charge < -0.3 is 20.3 Å². The van der Waals surface area contributed by atoms with Crippen LogP contribution in [-0.4, -0.2) is 38.8 Å². The number of hydrogen-bond donors (Lipinski definition) is 2. The van der Waals surface area contributed by atoms with E-state index in [1.165, 1.54) is 5.56 Å². The van der Waals surface area contributed by atoms with Gasteiger partial charge in [-0.3, -0.25) is 4.79 Å². The molecule has 0 saturated carbocycles. The van der Waals surface area contributed by atoms with E-state index in [0.717, 1.165) is 43.4 Å². The molecule has 1 fully saturated rings. The summed E-state index contributed by atoms with van der Waals surface area (Å²) in [4.78, 5) is 14.6. The molecule has 1 aliphatic rings. The Morgan fingerprint density at radius 1 is 1.07 bits per heavy atom.